The number of amides is 1. The maximum absolute atomic E-state index is 12.4. The molecular formula is C20H15ClN2O2. The van der Waals surface area contributed by atoms with E-state index >= 15 is 0 Å². The second-order valence-corrected chi connectivity index (χ2v) is 5.58. The van der Waals surface area contributed by atoms with Crippen LogP contribution in [0.1, 0.15) is 11.1 Å². The van der Waals surface area contributed by atoms with Gasteiger partial charge in [0.2, 0.25) is 0 Å². The summed E-state index contributed by atoms with van der Waals surface area (Å²) >= 11 is 5.94. The van der Waals surface area contributed by atoms with Gasteiger partial charge in [-0.15, -0.1) is 6.42 Å². The van der Waals surface area contributed by atoms with Gasteiger partial charge in [-0.05, 0) is 48.4 Å². The number of terminal acetylenes is 1. The van der Waals surface area contributed by atoms with Crippen LogP contribution in [0.5, 0.6) is 5.75 Å². The molecule has 124 valence electrons. The Morgan fingerprint density at radius 3 is 2.88 bits per heavy atom. The van der Waals surface area contributed by atoms with Gasteiger partial charge >= 0.3 is 0 Å². The van der Waals surface area contributed by atoms with Crippen molar-refractivity contribution >= 4 is 29.3 Å². The number of ether oxygens (including phenoxy) is 1. The highest BCUT2D eigenvalue weighted by molar-refractivity contribution is 6.31. The van der Waals surface area contributed by atoms with Gasteiger partial charge in [0.05, 0.1) is 0 Å². The molecular weight excluding hydrogens is 336 g/mol. The average molecular weight is 351 g/mol. The number of benzene rings is 2. The topological polar surface area (TPSA) is 62.1 Å². The number of nitrogens with one attached hydrogen (secondary N) is 1. The Hall–Kier alpha value is -3.21. The van der Waals surface area contributed by atoms with Crippen molar-refractivity contribution in [3.63, 3.8) is 0 Å². The quantitative estimate of drug-likeness (QED) is 0.499. The molecule has 0 fully saturated rings. The zero-order valence-corrected chi connectivity index (χ0v) is 14.3. The molecule has 2 aromatic rings. The van der Waals surface area contributed by atoms with Crippen LogP contribution in [-0.4, -0.2) is 12.5 Å². The smallest absolute Gasteiger partial charge is 0.266 e. The number of nitriles is 1. The minimum Gasteiger partial charge on any atom is -0.481 e. The average Bonchev–Trinajstić information content (AvgIpc) is 2.61. The van der Waals surface area contributed by atoms with Crippen LogP contribution in [0.3, 0.4) is 0 Å². The first-order chi connectivity index (χ1) is 12.0. The molecule has 0 radical (unpaired) electrons. The summed E-state index contributed by atoms with van der Waals surface area (Å²) in [6, 6.07) is 14.0. The molecule has 2 aromatic carbocycles. The SMILES string of the molecule is C#CCOc1cccc(/C=C(/C#N)C(=O)Nc2cc(Cl)ccc2C)c1. The van der Waals surface area contributed by atoms with Crippen LogP contribution in [0, 0.1) is 30.6 Å². The van der Waals surface area contributed by atoms with Crippen molar-refractivity contribution in [3.8, 4) is 24.2 Å². The van der Waals surface area contributed by atoms with Crippen molar-refractivity contribution in [2.45, 2.75) is 6.92 Å². The van der Waals surface area contributed by atoms with E-state index in [-0.39, 0.29) is 12.2 Å². The fourth-order valence-electron chi connectivity index (χ4n) is 2.05. The third kappa shape index (κ3) is 5.14. The Kier molecular flexibility index (Phi) is 6.23. The summed E-state index contributed by atoms with van der Waals surface area (Å²) in [5.74, 6) is 2.43. The Bertz CT molecular complexity index is 905. The molecule has 4 nitrogen and oxygen atoms in total. The van der Waals surface area contributed by atoms with E-state index in [2.05, 4.69) is 11.2 Å². The van der Waals surface area contributed by atoms with Crippen LogP contribution < -0.4 is 10.1 Å². The van der Waals surface area contributed by atoms with Crippen LogP contribution in [0.4, 0.5) is 5.69 Å². The maximum Gasteiger partial charge on any atom is 0.266 e. The molecule has 0 bridgehead atoms. The lowest BCUT2D eigenvalue weighted by atomic mass is 10.1. The summed E-state index contributed by atoms with van der Waals surface area (Å²) in [6.07, 6.45) is 6.64. The molecule has 0 heterocycles. The number of carbonyl (C=O) groups excluding carboxylic acids is 1. The van der Waals surface area contributed by atoms with Crippen LogP contribution >= 0.6 is 11.6 Å². The molecule has 0 aliphatic carbocycles. The summed E-state index contributed by atoms with van der Waals surface area (Å²) in [4.78, 5) is 12.4. The summed E-state index contributed by atoms with van der Waals surface area (Å²) in [5.41, 5.74) is 2.03. The van der Waals surface area contributed by atoms with Gasteiger partial charge < -0.3 is 10.1 Å². The molecule has 1 amide bonds. The molecule has 1 N–H and O–H groups in total. The second-order valence-electron chi connectivity index (χ2n) is 5.15. The van der Waals surface area contributed by atoms with Gasteiger partial charge in [0.15, 0.2) is 0 Å². The number of aryl methyl sites for hydroxylation is 1. The fourth-order valence-corrected chi connectivity index (χ4v) is 2.23. The van der Waals surface area contributed by atoms with Crippen LogP contribution in [0.2, 0.25) is 5.02 Å². The van der Waals surface area contributed by atoms with E-state index in [1.54, 1.807) is 42.5 Å². The number of nitrogens with zero attached hydrogens (tertiary/aromatic N) is 1. The predicted molar refractivity (Wildman–Crippen MR) is 99.2 cm³/mol. The zero-order valence-electron chi connectivity index (χ0n) is 13.5. The van der Waals surface area contributed by atoms with Crippen molar-refractivity contribution in [1.29, 1.82) is 5.26 Å². The van der Waals surface area contributed by atoms with E-state index in [1.165, 1.54) is 6.08 Å². The first kappa shape index (κ1) is 18.1. The van der Waals surface area contributed by atoms with Gasteiger partial charge in [-0.2, -0.15) is 5.26 Å². The lowest BCUT2D eigenvalue weighted by Crippen LogP contribution is -2.14. The van der Waals surface area contributed by atoms with Crippen molar-refractivity contribution < 1.29 is 9.53 Å². The molecule has 0 unspecified atom stereocenters. The predicted octanol–water partition coefficient (Wildman–Crippen LogP) is 4.21. The highest BCUT2D eigenvalue weighted by Crippen LogP contribution is 2.21. The Balaban J connectivity index is 2.22. The third-order valence-corrected chi connectivity index (χ3v) is 3.54. The molecule has 5 heteroatoms. The van der Waals surface area contributed by atoms with Crippen molar-refractivity contribution in [2.75, 3.05) is 11.9 Å². The molecule has 0 aliphatic rings. The number of rotatable bonds is 5. The van der Waals surface area contributed by atoms with Gasteiger partial charge in [-0.25, -0.2) is 0 Å². The Labute approximate surface area is 151 Å². The first-order valence-electron chi connectivity index (χ1n) is 7.39. The standard InChI is InChI=1S/C20H15ClN2O2/c1-3-9-25-18-6-4-5-15(11-18)10-16(13-22)20(24)23-19-12-17(21)8-7-14(19)2/h1,4-8,10-12H,9H2,2H3,(H,23,24)/b16-10-. The highest BCUT2D eigenvalue weighted by atomic mass is 35.5. The maximum atomic E-state index is 12.4. The zero-order chi connectivity index (χ0) is 18.2. The normalized spacial score (nSPS) is 10.5. The molecule has 0 saturated carbocycles. The summed E-state index contributed by atoms with van der Waals surface area (Å²) in [6.45, 7) is 1.99. The monoisotopic (exact) mass is 350 g/mol. The van der Waals surface area contributed by atoms with Gasteiger partial charge in [0, 0.05) is 10.7 Å². The lowest BCUT2D eigenvalue weighted by Gasteiger charge is -2.08. The first-order valence-corrected chi connectivity index (χ1v) is 7.77. The lowest BCUT2D eigenvalue weighted by molar-refractivity contribution is -0.112. The van der Waals surface area contributed by atoms with Crippen LogP contribution in [0.15, 0.2) is 48.0 Å². The van der Waals surface area contributed by atoms with Crippen LogP contribution in [-0.2, 0) is 4.79 Å². The van der Waals surface area contributed by atoms with Crippen LogP contribution in [0.25, 0.3) is 6.08 Å². The number of hydrogen-bond donors (Lipinski definition) is 1. The molecule has 25 heavy (non-hydrogen) atoms. The van der Waals surface area contributed by atoms with Gasteiger partial charge in [0.25, 0.3) is 5.91 Å². The van der Waals surface area contributed by atoms with E-state index in [1.807, 2.05) is 13.0 Å². The number of hydrogen-bond acceptors (Lipinski definition) is 3. The largest absolute Gasteiger partial charge is 0.481 e. The number of anilines is 1. The van der Waals surface area contributed by atoms with E-state index in [0.29, 0.717) is 22.0 Å². The molecule has 0 aliphatic heterocycles. The van der Waals surface area contributed by atoms with E-state index in [0.717, 1.165) is 5.56 Å². The van der Waals surface area contributed by atoms with Gasteiger partial charge in [0.1, 0.15) is 24.0 Å². The molecule has 0 saturated heterocycles. The van der Waals surface area contributed by atoms with Crippen molar-refractivity contribution in [2.24, 2.45) is 0 Å². The van der Waals surface area contributed by atoms with E-state index < -0.39 is 5.91 Å². The fraction of sp³-hybridized carbons (Fsp3) is 0.100. The number of carbonyl (C=O) groups is 1. The molecule has 0 atom stereocenters. The number of halogens is 1. The van der Waals surface area contributed by atoms with Crippen molar-refractivity contribution in [3.05, 3.63) is 64.2 Å². The third-order valence-electron chi connectivity index (χ3n) is 3.30. The molecule has 2 rings (SSSR count). The minimum absolute atomic E-state index is 0.0338. The van der Waals surface area contributed by atoms with E-state index in [9.17, 15) is 10.1 Å². The highest BCUT2D eigenvalue weighted by Gasteiger charge is 2.11. The summed E-state index contributed by atoms with van der Waals surface area (Å²) < 4.78 is 5.33. The second kappa shape index (κ2) is 8.59. The van der Waals surface area contributed by atoms with Gasteiger partial charge in [-0.1, -0.05) is 35.7 Å². The van der Waals surface area contributed by atoms with Crippen molar-refractivity contribution in [1.82, 2.24) is 0 Å². The summed E-state index contributed by atoms with van der Waals surface area (Å²) in [7, 11) is 0. The van der Waals surface area contributed by atoms with E-state index in [4.69, 9.17) is 22.8 Å². The summed E-state index contributed by atoms with van der Waals surface area (Å²) in [5, 5.41) is 12.5. The molecule has 0 aromatic heterocycles. The minimum atomic E-state index is -0.511. The Morgan fingerprint density at radius 1 is 1.36 bits per heavy atom. The van der Waals surface area contributed by atoms with Gasteiger partial charge in [-0.3, -0.25) is 4.79 Å². The molecule has 0 spiro atoms. The Morgan fingerprint density at radius 2 is 2.16 bits per heavy atom.